The van der Waals surface area contributed by atoms with Crippen molar-refractivity contribution in [1.82, 2.24) is 19.6 Å². The molecule has 4 aliphatic heterocycles. The molecule has 1 aliphatic carbocycles. The fourth-order valence-electron chi connectivity index (χ4n) is 9.09. The first-order valence-corrected chi connectivity index (χ1v) is 24.7. The van der Waals surface area contributed by atoms with Gasteiger partial charge in [-0.2, -0.15) is 13.9 Å². The predicted molar refractivity (Wildman–Crippen MR) is 252 cm³/mol. The van der Waals surface area contributed by atoms with Gasteiger partial charge in [0.1, 0.15) is 34.6 Å². The summed E-state index contributed by atoms with van der Waals surface area (Å²) >= 11 is 14.4. The number of nitrogens with one attached hydrogen (secondary N) is 1. The Balaban J connectivity index is 0.00000642. The van der Waals surface area contributed by atoms with Crippen LogP contribution in [0.15, 0.2) is 91.3 Å². The Hall–Kier alpha value is -5.46. The highest BCUT2D eigenvalue weighted by Gasteiger charge is 2.40. The number of ether oxygens (including phenoxy) is 5. The second-order valence-corrected chi connectivity index (χ2v) is 19.7. The molecule has 5 fully saturated rings. The molecule has 14 nitrogen and oxygen atoms in total. The lowest BCUT2D eigenvalue weighted by Gasteiger charge is -2.44. The van der Waals surface area contributed by atoms with Gasteiger partial charge in [-0.1, -0.05) is 71.7 Å². The fourth-order valence-corrected chi connectivity index (χ4v) is 10.7. The van der Waals surface area contributed by atoms with Crippen LogP contribution in [-0.2, 0) is 39.1 Å². The average molecular weight is 1010 g/mol. The number of carbonyl (C=O) groups is 3. The average Bonchev–Trinajstić information content (AvgIpc) is 3.90. The van der Waals surface area contributed by atoms with Crippen LogP contribution in [0.25, 0.3) is 0 Å². The van der Waals surface area contributed by atoms with Crippen molar-refractivity contribution in [3.8, 4) is 17.2 Å². The van der Waals surface area contributed by atoms with Gasteiger partial charge in [0.15, 0.2) is 35.0 Å². The van der Waals surface area contributed by atoms with Crippen LogP contribution >= 0.6 is 35.0 Å². The third-order valence-electron chi connectivity index (χ3n) is 13.0. The monoisotopic (exact) mass is 1010 g/mol. The van der Waals surface area contributed by atoms with E-state index in [0.717, 1.165) is 56.4 Å². The van der Waals surface area contributed by atoms with Crippen molar-refractivity contribution in [2.75, 3.05) is 38.5 Å². The lowest BCUT2D eigenvalue weighted by Crippen LogP contribution is -2.52. The quantitative estimate of drug-likeness (QED) is 0.0725. The minimum absolute atomic E-state index is 0. The van der Waals surface area contributed by atoms with Gasteiger partial charge in [0.25, 0.3) is 5.91 Å². The van der Waals surface area contributed by atoms with Gasteiger partial charge >= 0.3 is 18.6 Å². The minimum Gasteiger partial charge on any atom is -0.870 e. The molecule has 366 valence electrons. The SMILES string of the molecule is Cn1nc(C(=O)N2CCS[C@H]2C(=O)O[C@@H](Cc2c(Cl)c[nH+]cc2Cl)c2ccc(OC(F)F)c(OCC3CC3)c2)cc1COc1cccc([C@@H](CC(=O)O[C@H]2CN3CCC2CC3)c2ccccc2)c1.[OH-]. The van der Waals surface area contributed by atoms with Gasteiger partial charge in [0.05, 0.1) is 18.7 Å². The number of aromatic nitrogens is 3. The van der Waals surface area contributed by atoms with E-state index < -0.39 is 30.0 Å². The molecule has 1 saturated carbocycles. The van der Waals surface area contributed by atoms with Gasteiger partial charge in [-0.05, 0) is 97.6 Å². The Morgan fingerprint density at radius 3 is 2.33 bits per heavy atom. The summed E-state index contributed by atoms with van der Waals surface area (Å²) in [5, 5.41) is 4.08. The van der Waals surface area contributed by atoms with Crippen molar-refractivity contribution in [3.63, 3.8) is 0 Å². The van der Waals surface area contributed by atoms with Crippen molar-refractivity contribution in [2.24, 2.45) is 18.9 Å². The maximum absolute atomic E-state index is 14.2. The van der Waals surface area contributed by atoms with E-state index in [4.69, 9.17) is 46.9 Å². The number of H-pyrrole nitrogens is 1. The molecule has 2 aromatic heterocycles. The second kappa shape index (κ2) is 22.5. The number of halogens is 4. The van der Waals surface area contributed by atoms with Crippen LogP contribution in [0.2, 0.25) is 10.0 Å². The number of amides is 1. The Bertz CT molecular complexity index is 2580. The predicted octanol–water partition coefficient (Wildman–Crippen LogP) is 8.54. The minimum atomic E-state index is -3.08. The number of hydrogen-bond donors (Lipinski definition) is 0. The van der Waals surface area contributed by atoms with E-state index in [0.29, 0.717) is 56.8 Å². The van der Waals surface area contributed by atoms with Crippen molar-refractivity contribution < 1.29 is 57.3 Å². The molecule has 1 amide bonds. The zero-order valence-electron chi connectivity index (χ0n) is 37.8. The lowest BCUT2D eigenvalue weighted by molar-refractivity contribution is -0.377. The number of nitrogens with zero attached hydrogens (tertiary/aromatic N) is 4. The first kappa shape index (κ1) is 49.9. The van der Waals surface area contributed by atoms with E-state index in [-0.39, 0.29) is 66.7 Å². The number of aromatic amines is 1. The van der Waals surface area contributed by atoms with Crippen molar-refractivity contribution >= 4 is 52.8 Å². The number of carbonyl (C=O) groups excluding carboxylic acids is 3. The van der Waals surface area contributed by atoms with Crippen LogP contribution in [0.1, 0.15) is 82.6 Å². The molecule has 2 N–H and O–H groups in total. The highest BCUT2D eigenvalue weighted by atomic mass is 35.5. The molecule has 19 heteroatoms. The number of pyridine rings is 1. The highest BCUT2D eigenvalue weighted by molar-refractivity contribution is 8.00. The lowest BCUT2D eigenvalue weighted by atomic mass is 9.85. The van der Waals surface area contributed by atoms with Gasteiger partial charge in [-0.25, -0.2) is 9.78 Å². The molecule has 2 bridgehead atoms. The molecular formula is C50H53Cl2F2N5O9S. The Labute approximate surface area is 412 Å². The third kappa shape index (κ3) is 12.3. The van der Waals surface area contributed by atoms with Crippen LogP contribution in [0.3, 0.4) is 0 Å². The number of piperidine rings is 3. The number of benzene rings is 3. The first-order chi connectivity index (χ1) is 32.9. The van der Waals surface area contributed by atoms with Crippen LogP contribution in [0.5, 0.6) is 17.2 Å². The summed E-state index contributed by atoms with van der Waals surface area (Å²) in [5.41, 5.74) is 3.53. The summed E-state index contributed by atoms with van der Waals surface area (Å²) in [6, 6.07) is 23.6. The number of fused-ring (bicyclic) bond motifs is 3. The number of alkyl halides is 2. The van der Waals surface area contributed by atoms with E-state index >= 15 is 0 Å². The van der Waals surface area contributed by atoms with E-state index in [1.165, 1.54) is 34.9 Å². The number of rotatable bonds is 19. The normalized spacial score (nSPS) is 20.5. The summed E-state index contributed by atoms with van der Waals surface area (Å²) in [6.07, 6.45) is 6.26. The second-order valence-electron chi connectivity index (χ2n) is 17.7. The van der Waals surface area contributed by atoms with Crippen LogP contribution in [-0.4, -0.2) is 99.5 Å². The Kier molecular flexibility index (Phi) is 16.3. The van der Waals surface area contributed by atoms with Gasteiger partial charge < -0.3 is 34.1 Å². The third-order valence-corrected chi connectivity index (χ3v) is 14.9. The molecule has 6 heterocycles. The van der Waals surface area contributed by atoms with E-state index in [9.17, 15) is 23.2 Å². The largest absolute Gasteiger partial charge is 0.870 e. The zero-order valence-corrected chi connectivity index (χ0v) is 40.1. The number of esters is 2. The molecule has 5 aliphatic rings. The smallest absolute Gasteiger partial charge is 0.387 e. The molecule has 0 spiro atoms. The summed E-state index contributed by atoms with van der Waals surface area (Å²) in [5.74, 6) is 0.0443. The van der Waals surface area contributed by atoms with Crippen LogP contribution in [0, 0.1) is 11.8 Å². The first-order valence-electron chi connectivity index (χ1n) is 22.9. The van der Waals surface area contributed by atoms with Crippen molar-refractivity contribution in [1.29, 1.82) is 0 Å². The van der Waals surface area contributed by atoms with Crippen LogP contribution < -0.4 is 19.2 Å². The topological polar surface area (TPSA) is 166 Å². The number of hydrogen-bond acceptors (Lipinski definition) is 12. The van der Waals surface area contributed by atoms with E-state index in [2.05, 4.69) is 15.0 Å². The summed E-state index contributed by atoms with van der Waals surface area (Å²) in [6.45, 7) is 0.492. The fraction of sp³-hybridized carbons (Fsp3) is 0.420. The molecule has 10 rings (SSSR count). The Morgan fingerprint density at radius 2 is 1.62 bits per heavy atom. The molecule has 4 saturated heterocycles. The van der Waals surface area contributed by atoms with Crippen molar-refractivity contribution in [3.05, 3.63) is 135 Å². The molecule has 3 aromatic carbocycles. The molecule has 0 unspecified atom stereocenters. The summed E-state index contributed by atoms with van der Waals surface area (Å²) < 4.78 is 57.7. The maximum Gasteiger partial charge on any atom is 0.387 e. The zero-order chi connectivity index (χ0) is 47.3. The van der Waals surface area contributed by atoms with E-state index in [1.54, 1.807) is 30.2 Å². The van der Waals surface area contributed by atoms with Gasteiger partial charge in [0.2, 0.25) is 0 Å². The van der Waals surface area contributed by atoms with E-state index in [1.807, 2.05) is 54.6 Å². The standard InChI is InChI=1S/C50H51Cl2F2N5O8S.H2O/c1-57-35(29-63-36-9-5-8-33(20-36)37(31-6-3-2-4-7-31)24-46(60)65-45-27-58-16-14-32(45)15-17-58)22-41(56-57)47(61)59-18-19-68-48(59)49(62)66-43(23-38-39(51)25-55-26-40(38)52)34-12-13-42(67-50(53)54)44(21-34)64-28-30-10-11-30;/h2-9,12-13,20-22,25-26,30,32,37,43,45,48,50H,10-11,14-19,23-24,27-29H2,1H3;1H2/t37-,43-,45-,48-;/m0./s1. The van der Waals surface area contributed by atoms with Gasteiger partial charge in [0, 0.05) is 43.8 Å². The maximum atomic E-state index is 14.2. The molecule has 0 radical (unpaired) electrons. The summed E-state index contributed by atoms with van der Waals surface area (Å²) in [4.78, 5) is 48.5. The number of thioether (sulfide) groups is 1. The van der Waals surface area contributed by atoms with Gasteiger partial charge in [-0.3, -0.25) is 19.2 Å². The van der Waals surface area contributed by atoms with Crippen LogP contribution in [0.4, 0.5) is 8.78 Å². The molecule has 5 aromatic rings. The number of aryl methyl sites for hydroxylation is 1. The van der Waals surface area contributed by atoms with Gasteiger partial charge in [-0.15, -0.1) is 11.8 Å². The highest BCUT2D eigenvalue weighted by Crippen LogP contribution is 2.39. The van der Waals surface area contributed by atoms with Crippen molar-refractivity contribution in [2.45, 2.75) is 75.2 Å². The summed E-state index contributed by atoms with van der Waals surface area (Å²) in [7, 11) is 1.71. The molecule has 69 heavy (non-hydrogen) atoms. The molecule has 4 atom stereocenters. The Morgan fingerprint density at radius 1 is 0.870 bits per heavy atom. The molecular weight excluding hydrogens is 956 g/mol.